The van der Waals surface area contributed by atoms with Crippen molar-refractivity contribution in [2.24, 2.45) is 19.5 Å². The monoisotopic (exact) mass is 318 g/mol. The van der Waals surface area contributed by atoms with E-state index >= 15 is 0 Å². The fourth-order valence-electron chi connectivity index (χ4n) is 3.92. The van der Waals surface area contributed by atoms with Gasteiger partial charge >= 0.3 is 5.69 Å². The summed E-state index contributed by atoms with van der Waals surface area (Å²) >= 11 is 0. The van der Waals surface area contributed by atoms with Crippen LogP contribution in [0.15, 0.2) is 9.59 Å². The smallest absolute Gasteiger partial charge is 0.332 e. The third kappa shape index (κ3) is 2.12. The van der Waals surface area contributed by atoms with Crippen molar-refractivity contribution >= 4 is 5.82 Å². The average Bonchev–Trinajstić information content (AvgIpc) is 2.47. The molecule has 3 rings (SSSR count). The molecule has 7 nitrogen and oxygen atoms in total. The van der Waals surface area contributed by atoms with Crippen molar-refractivity contribution in [1.82, 2.24) is 9.13 Å². The molecule has 2 aliphatic rings. The Balaban J connectivity index is 1.95. The molecule has 0 aliphatic heterocycles. The van der Waals surface area contributed by atoms with Crippen LogP contribution in [0.2, 0.25) is 0 Å². The molecular formula is C16H22N4O3. The lowest BCUT2D eigenvalue weighted by Crippen LogP contribution is -2.65. The van der Waals surface area contributed by atoms with Crippen LogP contribution in [0, 0.1) is 16.7 Å². The van der Waals surface area contributed by atoms with Crippen LogP contribution < -0.4 is 16.6 Å². The van der Waals surface area contributed by atoms with Gasteiger partial charge in [0.05, 0.1) is 6.10 Å². The van der Waals surface area contributed by atoms with Gasteiger partial charge in [0.25, 0.3) is 5.56 Å². The van der Waals surface area contributed by atoms with Gasteiger partial charge in [0.1, 0.15) is 11.9 Å². The van der Waals surface area contributed by atoms with E-state index in [1.807, 2.05) is 13.0 Å². The summed E-state index contributed by atoms with van der Waals surface area (Å²) in [6, 6.07) is 2.08. The summed E-state index contributed by atoms with van der Waals surface area (Å²) < 4.78 is 8.13. The van der Waals surface area contributed by atoms with Crippen LogP contribution in [0.25, 0.3) is 0 Å². The van der Waals surface area contributed by atoms with Gasteiger partial charge in [-0.3, -0.25) is 13.9 Å². The minimum atomic E-state index is -0.554. The van der Waals surface area contributed by atoms with Gasteiger partial charge in [-0.25, -0.2) is 4.79 Å². The first-order valence-corrected chi connectivity index (χ1v) is 8.04. The Morgan fingerprint density at radius 2 is 2.04 bits per heavy atom. The number of rotatable bonds is 4. The summed E-state index contributed by atoms with van der Waals surface area (Å²) in [5.74, 6) is 0.326. The zero-order chi connectivity index (χ0) is 16.8. The zero-order valence-electron chi connectivity index (χ0n) is 13.8. The highest BCUT2D eigenvalue weighted by molar-refractivity contribution is 5.53. The molecule has 2 fully saturated rings. The molecule has 2 aliphatic carbocycles. The van der Waals surface area contributed by atoms with E-state index in [0.717, 1.165) is 23.8 Å². The van der Waals surface area contributed by atoms with Crippen LogP contribution in [-0.4, -0.2) is 27.9 Å². The molecule has 1 aromatic rings. The number of nitriles is 1. The van der Waals surface area contributed by atoms with E-state index in [9.17, 15) is 14.9 Å². The lowest BCUT2D eigenvalue weighted by Gasteiger charge is -2.61. The molecule has 0 amide bonds. The van der Waals surface area contributed by atoms with Crippen LogP contribution in [0.3, 0.4) is 0 Å². The predicted octanol–water partition coefficient (Wildman–Crippen LogP) is 0.715. The summed E-state index contributed by atoms with van der Waals surface area (Å²) in [5.41, 5.74) is -0.912. The number of ether oxygens (including phenoxy) is 1. The first-order chi connectivity index (χ1) is 11.0. The second kappa shape index (κ2) is 5.53. The van der Waals surface area contributed by atoms with Crippen LogP contribution in [-0.2, 0) is 18.8 Å². The highest BCUT2D eigenvalue weighted by Crippen LogP contribution is 2.58. The maximum Gasteiger partial charge on any atom is 0.332 e. The van der Waals surface area contributed by atoms with Crippen molar-refractivity contribution in [3.05, 3.63) is 26.4 Å². The van der Waals surface area contributed by atoms with Crippen molar-refractivity contribution in [2.75, 3.05) is 11.9 Å². The minimum Gasteiger partial charge on any atom is -0.378 e. The molecule has 0 unspecified atom stereocenters. The van der Waals surface area contributed by atoms with E-state index in [1.165, 1.54) is 18.0 Å². The van der Waals surface area contributed by atoms with E-state index < -0.39 is 11.2 Å². The highest BCUT2D eigenvalue weighted by atomic mass is 16.5. The van der Waals surface area contributed by atoms with Crippen molar-refractivity contribution in [3.8, 4) is 6.07 Å². The van der Waals surface area contributed by atoms with Crippen LogP contribution in [0.1, 0.15) is 38.2 Å². The Morgan fingerprint density at radius 3 is 2.57 bits per heavy atom. The molecule has 0 bridgehead atoms. The third-order valence-corrected chi connectivity index (χ3v) is 5.52. The zero-order valence-corrected chi connectivity index (χ0v) is 13.8. The van der Waals surface area contributed by atoms with Gasteiger partial charge in [0.2, 0.25) is 0 Å². The molecule has 0 aromatic carbocycles. The molecule has 1 N–H and O–H groups in total. The van der Waals surface area contributed by atoms with Crippen molar-refractivity contribution < 1.29 is 4.74 Å². The van der Waals surface area contributed by atoms with Crippen LogP contribution >= 0.6 is 0 Å². The van der Waals surface area contributed by atoms with E-state index in [-0.39, 0.29) is 23.1 Å². The standard InChI is InChI=1S/C16H22N4O3/c1-4-23-12-8-11(16(12)6-5-7-16)18-13-10(9-17)14(21)20(3)15(22)19(13)2/h11-12,18H,4-8H2,1-3H3/t11-,12+/m1/s1. The first kappa shape index (κ1) is 15.8. The minimum absolute atomic E-state index is 0.0102. The fourth-order valence-corrected chi connectivity index (χ4v) is 3.92. The van der Waals surface area contributed by atoms with Gasteiger partial charge in [-0.2, -0.15) is 5.26 Å². The summed E-state index contributed by atoms with van der Waals surface area (Å²) in [4.78, 5) is 24.3. The quantitative estimate of drug-likeness (QED) is 0.883. The molecule has 124 valence electrons. The third-order valence-electron chi connectivity index (χ3n) is 5.52. The Kier molecular flexibility index (Phi) is 3.80. The van der Waals surface area contributed by atoms with E-state index in [4.69, 9.17) is 4.74 Å². The van der Waals surface area contributed by atoms with Crippen LogP contribution in [0.4, 0.5) is 5.82 Å². The Bertz CT molecular complexity index is 782. The van der Waals surface area contributed by atoms with Gasteiger partial charge in [0.15, 0.2) is 5.56 Å². The van der Waals surface area contributed by atoms with Crippen molar-refractivity contribution in [1.29, 1.82) is 5.26 Å². The lowest BCUT2D eigenvalue weighted by atomic mass is 9.51. The number of hydrogen-bond acceptors (Lipinski definition) is 5. The lowest BCUT2D eigenvalue weighted by molar-refractivity contribution is -0.157. The second-order valence-corrected chi connectivity index (χ2v) is 6.50. The Morgan fingerprint density at radius 1 is 1.35 bits per heavy atom. The summed E-state index contributed by atoms with van der Waals surface area (Å²) in [5, 5.41) is 12.6. The highest BCUT2D eigenvalue weighted by Gasteiger charge is 2.59. The average molecular weight is 318 g/mol. The number of nitrogens with zero attached hydrogens (tertiary/aromatic N) is 3. The van der Waals surface area contributed by atoms with E-state index in [2.05, 4.69) is 5.32 Å². The van der Waals surface area contributed by atoms with Gasteiger partial charge in [-0.1, -0.05) is 6.42 Å². The Hall–Kier alpha value is -2.07. The molecule has 1 aromatic heterocycles. The molecular weight excluding hydrogens is 296 g/mol. The fraction of sp³-hybridized carbons (Fsp3) is 0.688. The molecule has 0 radical (unpaired) electrons. The van der Waals surface area contributed by atoms with Crippen molar-refractivity contribution in [3.63, 3.8) is 0 Å². The van der Waals surface area contributed by atoms with E-state index in [1.54, 1.807) is 7.05 Å². The largest absolute Gasteiger partial charge is 0.378 e. The first-order valence-electron chi connectivity index (χ1n) is 8.04. The normalized spacial score (nSPS) is 24.6. The van der Waals surface area contributed by atoms with Crippen LogP contribution in [0.5, 0.6) is 0 Å². The molecule has 7 heteroatoms. The molecule has 1 heterocycles. The predicted molar refractivity (Wildman–Crippen MR) is 85.4 cm³/mol. The maximum atomic E-state index is 12.2. The molecule has 1 spiro atoms. The van der Waals surface area contributed by atoms with Gasteiger partial charge < -0.3 is 10.1 Å². The maximum absolute atomic E-state index is 12.2. The number of anilines is 1. The number of hydrogen-bond donors (Lipinski definition) is 1. The van der Waals surface area contributed by atoms with Gasteiger partial charge in [-0.05, 0) is 26.2 Å². The summed E-state index contributed by atoms with van der Waals surface area (Å²) in [6.45, 7) is 2.68. The topological polar surface area (TPSA) is 89.1 Å². The number of nitrogens with one attached hydrogen (secondary N) is 1. The van der Waals surface area contributed by atoms with Crippen molar-refractivity contribution in [2.45, 2.75) is 44.8 Å². The van der Waals surface area contributed by atoms with Gasteiger partial charge in [-0.15, -0.1) is 0 Å². The molecule has 23 heavy (non-hydrogen) atoms. The summed E-state index contributed by atoms with van der Waals surface area (Å²) in [7, 11) is 2.97. The number of aromatic nitrogens is 2. The molecule has 0 saturated heterocycles. The second-order valence-electron chi connectivity index (χ2n) is 6.50. The summed E-state index contributed by atoms with van der Waals surface area (Å²) in [6.07, 6.45) is 4.39. The Labute approximate surface area is 134 Å². The molecule has 2 atom stereocenters. The van der Waals surface area contributed by atoms with Gasteiger partial charge in [0, 0.05) is 32.2 Å². The molecule has 2 saturated carbocycles. The SMILES string of the molecule is CCO[C@H]1C[C@@H](Nc2c(C#N)c(=O)n(C)c(=O)n2C)C12CCC2. The van der Waals surface area contributed by atoms with E-state index in [0.29, 0.717) is 12.4 Å².